The van der Waals surface area contributed by atoms with Crippen molar-refractivity contribution in [2.24, 2.45) is 0 Å². The fraction of sp³-hybridized carbons (Fsp3) is 0.353. The van der Waals surface area contributed by atoms with Crippen LogP contribution in [0.5, 0.6) is 0 Å². The average Bonchev–Trinajstić information content (AvgIpc) is 3.14. The maximum absolute atomic E-state index is 13.0. The molecule has 1 N–H and O–H groups in total. The van der Waals surface area contributed by atoms with Gasteiger partial charge in [-0.2, -0.15) is 0 Å². The number of ketones is 1. The van der Waals surface area contributed by atoms with Crippen molar-refractivity contribution in [3.63, 3.8) is 0 Å². The lowest BCUT2D eigenvalue weighted by molar-refractivity contribution is -0.143. The molecule has 1 aliphatic carbocycles. The van der Waals surface area contributed by atoms with Crippen LogP contribution in [0, 0.1) is 0 Å². The fourth-order valence-corrected chi connectivity index (χ4v) is 3.18. The molecule has 1 atom stereocenters. The largest absolute Gasteiger partial charge is 0.466 e. The van der Waals surface area contributed by atoms with Crippen molar-refractivity contribution in [2.75, 3.05) is 6.61 Å². The highest BCUT2D eigenvalue weighted by molar-refractivity contribution is 6.08. The van der Waals surface area contributed by atoms with Gasteiger partial charge in [-0.3, -0.25) is 9.59 Å². The van der Waals surface area contributed by atoms with Crippen molar-refractivity contribution in [3.05, 3.63) is 53.6 Å². The predicted molar refractivity (Wildman–Crippen MR) is 80.6 cm³/mol. The van der Waals surface area contributed by atoms with E-state index in [0.29, 0.717) is 19.4 Å². The summed E-state index contributed by atoms with van der Waals surface area (Å²) in [5.74, 6) is -0.221. The summed E-state index contributed by atoms with van der Waals surface area (Å²) in [6, 6.07) is 7.61. The van der Waals surface area contributed by atoms with E-state index in [1.165, 1.54) is 0 Å². The van der Waals surface area contributed by atoms with Gasteiger partial charge < -0.3 is 9.72 Å². The minimum absolute atomic E-state index is 0.0525. The van der Waals surface area contributed by atoms with Gasteiger partial charge in [-0.15, -0.1) is 0 Å². The average molecular weight is 298 g/mol. The van der Waals surface area contributed by atoms with Crippen molar-refractivity contribution in [2.45, 2.75) is 31.6 Å². The van der Waals surface area contributed by atoms with Gasteiger partial charge in [0.1, 0.15) is 0 Å². The van der Waals surface area contributed by atoms with E-state index in [1.54, 1.807) is 19.4 Å². The monoisotopic (exact) mass is 298 g/mol. The molecule has 1 aromatic heterocycles. The maximum Gasteiger partial charge on any atom is 0.305 e. The Morgan fingerprint density at radius 2 is 2.23 bits per heavy atom. The SMILES string of the molecule is CCOC(=O)CCC1(c2cnc[nH]2)Cc2ccccc2C1=O. The molecular weight excluding hydrogens is 280 g/mol. The van der Waals surface area contributed by atoms with Crippen molar-refractivity contribution in [1.29, 1.82) is 0 Å². The summed E-state index contributed by atoms with van der Waals surface area (Å²) in [5, 5.41) is 0. The van der Waals surface area contributed by atoms with Crippen LogP contribution in [-0.2, 0) is 21.4 Å². The number of nitrogens with zero attached hydrogens (tertiary/aromatic N) is 1. The van der Waals surface area contributed by atoms with Gasteiger partial charge >= 0.3 is 5.97 Å². The van der Waals surface area contributed by atoms with Crippen molar-refractivity contribution >= 4 is 11.8 Å². The highest BCUT2D eigenvalue weighted by Gasteiger charge is 2.47. The van der Waals surface area contributed by atoms with Crippen LogP contribution in [-0.4, -0.2) is 28.3 Å². The van der Waals surface area contributed by atoms with E-state index < -0.39 is 5.41 Å². The molecule has 0 spiro atoms. The summed E-state index contributed by atoms with van der Waals surface area (Å²) >= 11 is 0. The smallest absolute Gasteiger partial charge is 0.305 e. The van der Waals surface area contributed by atoms with Crippen LogP contribution < -0.4 is 0 Å². The first-order valence-corrected chi connectivity index (χ1v) is 7.44. The molecule has 1 aromatic carbocycles. The number of hydrogen-bond donors (Lipinski definition) is 1. The third-order valence-corrected chi connectivity index (χ3v) is 4.26. The maximum atomic E-state index is 13.0. The van der Waals surface area contributed by atoms with Gasteiger partial charge in [0.15, 0.2) is 5.78 Å². The number of benzene rings is 1. The number of Topliss-reactive ketones (excluding diaryl/α,β-unsaturated/α-hetero) is 1. The second-order valence-electron chi connectivity index (χ2n) is 5.52. The number of carbonyl (C=O) groups is 2. The third-order valence-electron chi connectivity index (χ3n) is 4.26. The molecule has 22 heavy (non-hydrogen) atoms. The second kappa shape index (κ2) is 5.75. The lowest BCUT2D eigenvalue weighted by Gasteiger charge is -2.25. The van der Waals surface area contributed by atoms with Gasteiger partial charge in [0.25, 0.3) is 0 Å². The Hall–Kier alpha value is -2.43. The molecule has 1 aliphatic rings. The Labute approximate surface area is 128 Å². The summed E-state index contributed by atoms with van der Waals surface area (Å²) in [6.07, 6.45) is 4.46. The molecule has 5 nitrogen and oxygen atoms in total. The molecular formula is C17H18N2O3. The topological polar surface area (TPSA) is 72.0 Å². The number of ether oxygens (including phenoxy) is 1. The van der Waals surface area contributed by atoms with Crippen LogP contribution >= 0.6 is 0 Å². The summed E-state index contributed by atoms with van der Waals surface area (Å²) in [5.41, 5.74) is 1.78. The molecule has 0 fully saturated rings. The van der Waals surface area contributed by atoms with E-state index >= 15 is 0 Å². The number of aromatic amines is 1. The van der Waals surface area contributed by atoms with E-state index in [1.807, 2.05) is 24.3 Å². The first-order chi connectivity index (χ1) is 10.7. The molecule has 0 aliphatic heterocycles. The third kappa shape index (κ3) is 2.32. The van der Waals surface area contributed by atoms with Gasteiger partial charge in [-0.05, 0) is 25.3 Å². The Kier molecular flexibility index (Phi) is 3.79. The molecule has 0 saturated heterocycles. The minimum atomic E-state index is -0.743. The predicted octanol–water partition coefficient (Wildman–Crippen LogP) is 2.43. The standard InChI is InChI=1S/C17H18N2O3/c1-2-22-15(20)7-8-17(14-10-18-11-19-14)9-12-5-3-4-6-13(12)16(17)21/h3-6,10-11H,2,7-9H2,1H3,(H,18,19). The van der Waals surface area contributed by atoms with E-state index in [4.69, 9.17) is 4.74 Å². The normalized spacial score (nSPS) is 20.0. The lowest BCUT2D eigenvalue weighted by atomic mass is 9.76. The van der Waals surface area contributed by atoms with Crippen LogP contribution in [0.1, 0.15) is 41.4 Å². The molecule has 1 heterocycles. The van der Waals surface area contributed by atoms with Crippen LogP contribution in [0.3, 0.4) is 0 Å². The minimum Gasteiger partial charge on any atom is -0.466 e. The number of fused-ring (bicyclic) bond motifs is 1. The molecule has 1 unspecified atom stereocenters. The first-order valence-electron chi connectivity index (χ1n) is 7.44. The second-order valence-corrected chi connectivity index (χ2v) is 5.52. The van der Waals surface area contributed by atoms with Crippen molar-refractivity contribution in [3.8, 4) is 0 Å². The van der Waals surface area contributed by atoms with E-state index in [0.717, 1.165) is 16.8 Å². The van der Waals surface area contributed by atoms with E-state index in [-0.39, 0.29) is 18.2 Å². The Morgan fingerprint density at radius 3 is 2.91 bits per heavy atom. The van der Waals surface area contributed by atoms with Crippen molar-refractivity contribution in [1.82, 2.24) is 9.97 Å². The van der Waals surface area contributed by atoms with Gasteiger partial charge in [0.05, 0.1) is 18.3 Å². The number of aromatic nitrogens is 2. The highest BCUT2D eigenvalue weighted by Crippen LogP contribution is 2.42. The number of hydrogen-bond acceptors (Lipinski definition) is 4. The van der Waals surface area contributed by atoms with E-state index in [2.05, 4.69) is 9.97 Å². The molecule has 0 saturated carbocycles. The number of carbonyl (C=O) groups excluding carboxylic acids is 2. The molecule has 2 aromatic rings. The fourth-order valence-electron chi connectivity index (χ4n) is 3.18. The number of rotatable bonds is 5. The number of H-pyrrole nitrogens is 1. The number of esters is 1. The summed E-state index contributed by atoms with van der Waals surface area (Å²) in [4.78, 5) is 31.8. The summed E-state index contributed by atoms with van der Waals surface area (Å²) in [6.45, 7) is 2.13. The zero-order chi connectivity index (χ0) is 15.6. The number of imidazole rings is 1. The Bertz CT molecular complexity index is 694. The molecule has 0 radical (unpaired) electrons. The zero-order valence-electron chi connectivity index (χ0n) is 12.5. The van der Waals surface area contributed by atoms with Crippen LogP contribution in [0.2, 0.25) is 0 Å². The van der Waals surface area contributed by atoms with Gasteiger partial charge in [0.2, 0.25) is 0 Å². The molecule has 0 amide bonds. The van der Waals surface area contributed by atoms with Crippen LogP contribution in [0.25, 0.3) is 0 Å². The quantitative estimate of drug-likeness (QED) is 0.861. The van der Waals surface area contributed by atoms with Crippen molar-refractivity contribution < 1.29 is 14.3 Å². The van der Waals surface area contributed by atoms with Gasteiger partial charge in [-0.1, -0.05) is 24.3 Å². The highest BCUT2D eigenvalue weighted by atomic mass is 16.5. The van der Waals surface area contributed by atoms with Gasteiger partial charge in [-0.25, -0.2) is 4.98 Å². The number of nitrogens with one attached hydrogen (secondary N) is 1. The van der Waals surface area contributed by atoms with E-state index in [9.17, 15) is 9.59 Å². The van der Waals surface area contributed by atoms with Crippen LogP contribution in [0.4, 0.5) is 0 Å². The lowest BCUT2D eigenvalue weighted by Crippen LogP contribution is -2.34. The molecule has 5 heteroatoms. The summed E-state index contributed by atoms with van der Waals surface area (Å²) in [7, 11) is 0. The first kappa shape index (κ1) is 14.5. The Morgan fingerprint density at radius 1 is 1.41 bits per heavy atom. The molecule has 114 valence electrons. The Balaban J connectivity index is 1.93. The summed E-state index contributed by atoms with van der Waals surface area (Å²) < 4.78 is 5.00. The molecule has 3 rings (SSSR count). The zero-order valence-corrected chi connectivity index (χ0v) is 12.5. The molecule has 0 bridgehead atoms. The van der Waals surface area contributed by atoms with Crippen LogP contribution in [0.15, 0.2) is 36.8 Å². The van der Waals surface area contributed by atoms with Gasteiger partial charge in [0, 0.05) is 23.9 Å².